The number of likely N-dealkylation sites (tertiary alicyclic amines) is 2. The maximum atomic E-state index is 13.6. The van der Waals surface area contributed by atoms with Gasteiger partial charge in [0.25, 0.3) is 0 Å². The highest BCUT2D eigenvalue weighted by molar-refractivity contribution is 7.45. The number of allylic oxidation sites excluding steroid dienone is 2. The number of ketones is 1. The summed E-state index contributed by atoms with van der Waals surface area (Å²) in [5.74, 6) is 0.837. The zero-order chi connectivity index (χ0) is 43.4. The van der Waals surface area contributed by atoms with Crippen molar-refractivity contribution in [3.8, 4) is 0 Å². The van der Waals surface area contributed by atoms with E-state index in [2.05, 4.69) is 9.80 Å². The summed E-state index contributed by atoms with van der Waals surface area (Å²) in [6, 6.07) is 5.70. The zero-order valence-electron chi connectivity index (χ0n) is 30.1. The van der Waals surface area contributed by atoms with E-state index in [1.165, 1.54) is 25.7 Å². The topological polar surface area (TPSA) is 381 Å². The summed E-state index contributed by atoms with van der Waals surface area (Å²) >= 11 is 6.32. The molecule has 4 heterocycles. The molecule has 0 spiro atoms. The van der Waals surface area contributed by atoms with Crippen LogP contribution in [0.15, 0.2) is 51.5 Å². The standard InChI is InChI=1S/C29H32ClN5O2.4H3O4P/c1-37-26-9-8-24-28(33-26)27(23-7-6-21(30)16-25(23)32-24)31-22-14-19(17-34-10-2-3-11-34)29(36)20(15-22)18-35-12-4-5-13-35;4*1-5(2,3)4/h6-7,14-16H,2-5,8-13,17-18H2,1H3;4*(H3,1,2,3,4). The van der Waals surface area contributed by atoms with Crippen LogP contribution in [0.25, 0.3) is 10.9 Å². The Morgan fingerprint density at radius 2 is 1.14 bits per heavy atom. The predicted molar refractivity (Wildman–Crippen MR) is 206 cm³/mol. The van der Waals surface area contributed by atoms with E-state index in [1.54, 1.807) is 7.11 Å². The molecule has 4 aliphatic rings. The molecule has 0 unspecified atom stereocenters. The normalized spacial score (nSPS) is 17.5. The number of carbonyl (C=O) groups is 1. The number of hydrogen-bond donors (Lipinski definition) is 12. The third-order valence-corrected chi connectivity index (χ3v) is 7.90. The molecule has 0 bridgehead atoms. The van der Waals surface area contributed by atoms with Crippen molar-refractivity contribution < 1.29 is 86.5 Å². The minimum atomic E-state index is -4.64. The van der Waals surface area contributed by atoms with Crippen LogP contribution in [-0.4, -0.2) is 137 Å². The average Bonchev–Trinajstić information content (AvgIpc) is 3.74. The fraction of sp³-hybridized carbons (Fsp3) is 0.448. The molecule has 0 radical (unpaired) electrons. The number of Topliss-reactive ketones (excluding diaryl/α,β-unsaturated/α-hetero) is 1. The van der Waals surface area contributed by atoms with Crippen molar-refractivity contribution >= 4 is 82.6 Å². The van der Waals surface area contributed by atoms with Crippen LogP contribution in [0.1, 0.15) is 37.8 Å². The number of aryl methyl sites for hydroxylation is 1. The smallest absolute Gasteiger partial charge is 0.466 e. The third-order valence-electron chi connectivity index (χ3n) is 7.67. The van der Waals surface area contributed by atoms with Crippen molar-refractivity contribution in [2.24, 2.45) is 9.98 Å². The number of fused-ring (bicyclic) bond motifs is 2. The number of nitrogens with zero attached hydrogens (tertiary/aromatic N) is 5. The molecular weight excluding hydrogens is 866 g/mol. The van der Waals surface area contributed by atoms with Crippen LogP contribution in [0, 0.1) is 0 Å². The Balaban J connectivity index is 0.000000465. The summed E-state index contributed by atoms with van der Waals surface area (Å²) in [5, 5.41) is 1.52. The van der Waals surface area contributed by atoms with Gasteiger partial charge in [-0.3, -0.25) is 19.6 Å². The van der Waals surface area contributed by atoms with Gasteiger partial charge in [0.2, 0.25) is 0 Å². The molecule has 23 nitrogen and oxygen atoms in total. The molecule has 28 heteroatoms. The van der Waals surface area contributed by atoms with Crippen LogP contribution in [0.5, 0.6) is 0 Å². The predicted octanol–water partition coefficient (Wildman–Crippen LogP) is 1.50. The Hall–Kier alpha value is -2.43. The Kier molecular flexibility index (Phi) is 19.8. The van der Waals surface area contributed by atoms with Gasteiger partial charge in [-0.1, -0.05) is 11.6 Å². The van der Waals surface area contributed by atoms with Gasteiger partial charge in [-0.25, -0.2) is 28.2 Å². The number of rotatable bonds is 5. The number of methoxy groups -OCH3 is 1. The summed E-state index contributed by atoms with van der Waals surface area (Å²) in [5.41, 5.74) is 5.63. The number of ether oxygens (including phenoxy) is 1. The molecule has 3 aliphatic heterocycles. The highest BCUT2D eigenvalue weighted by Crippen LogP contribution is 2.41. The Morgan fingerprint density at radius 3 is 1.54 bits per heavy atom. The van der Waals surface area contributed by atoms with Crippen molar-refractivity contribution in [1.82, 2.24) is 14.8 Å². The molecule has 6 rings (SSSR count). The van der Waals surface area contributed by atoms with E-state index in [1.807, 2.05) is 30.4 Å². The molecule has 2 saturated heterocycles. The maximum absolute atomic E-state index is 13.6. The second kappa shape index (κ2) is 22.3. The van der Waals surface area contributed by atoms with Gasteiger partial charge in [-0.05, 0) is 82.2 Å². The summed E-state index contributed by atoms with van der Waals surface area (Å²) in [6.45, 7) is 5.51. The summed E-state index contributed by atoms with van der Waals surface area (Å²) < 4.78 is 41.0. The molecule has 2 fully saturated rings. The number of pyridine rings is 1. The Labute approximate surface area is 330 Å². The molecule has 0 saturated carbocycles. The average molecular weight is 910 g/mol. The second-order valence-corrected chi connectivity index (χ2v) is 16.9. The third kappa shape index (κ3) is 22.5. The molecule has 320 valence electrons. The number of phosphoric acid groups is 4. The lowest BCUT2D eigenvalue weighted by molar-refractivity contribution is -0.112. The fourth-order valence-corrected chi connectivity index (χ4v) is 5.91. The van der Waals surface area contributed by atoms with E-state index in [-0.39, 0.29) is 5.78 Å². The van der Waals surface area contributed by atoms with Crippen LogP contribution < -0.4 is 0 Å². The van der Waals surface area contributed by atoms with Crippen molar-refractivity contribution in [3.63, 3.8) is 0 Å². The number of benzene rings is 1. The molecule has 0 amide bonds. The SMILES string of the molecule is COC1=Nc2c(nc3cc(Cl)ccc3c2N=C2C=C(CN3CCCC3)C(=O)C(CN3CCCC3)=C2)CC1.O=P(O)(O)O.O=P(O)(O)O.O=P(O)(O)O.O=P(O)(O)O. The van der Waals surface area contributed by atoms with E-state index in [4.69, 9.17) is 108 Å². The van der Waals surface area contributed by atoms with E-state index in [9.17, 15) is 4.79 Å². The first-order valence-corrected chi connectivity index (χ1v) is 23.1. The number of aromatic nitrogens is 1. The highest BCUT2D eigenvalue weighted by Gasteiger charge is 2.27. The van der Waals surface area contributed by atoms with Crippen molar-refractivity contribution in [2.45, 2.75) is 38.5 Å². The lowest BCUT2D eigenvalue weighted by Crippen LogP contribution is -2.32. The van der Waals surface area contributed by atoms with E-state index >= 15 is 0 Å². The Morgan fingerprint density at radius 1 is 0.719 bits per heavy atom. The lowest BCUT2D eigenvalue weighted by atomic mass is 9.94. The number of hydrogen-bond acceptors (Lipinski definition) is 11. The summed E-state index contributed by atoms with van der Waals surface area (Å²) in [7, 11) is -16.9. The molecule has 12 N–H and O–H groups in total. The van der Waals surface area contributed by atoms with Gasteiger partial charge < -0.3 is 63.5 Å². The molecule has 2 aromatic rings. The van der Waals surface area contributed by atoms with Crippen molar-refractivity contribution in [3.05, 3.63) is 52.2 Å². The van der Waals surface area contributed by atoms with E-state index in [0.717, 1.165) is 77.4 Å². The zero-order valence-corrected chi connectivity index (χ0v) is 34.4. The minimum Gasteiger partial charge on any atom is -0.484 e. The highest BCUT2D eigenvalue weighted by atomic mass is 35.5. The van der Waals surface area contributed by atoms with Gasteiger partial charge in [0.1, 0.15) is 11.4 Å². The fourth-order valence-electron chi connectivity index (χ4n) is 5.75. The first-order valence-electron chi connectivity index (χ1n) is 16.4. The van der Waals surface area contributed by atoms with Crippen molar-refractivity contribution in [1.29, 1.82) is 0 Å². The molecule has 1 aliphatic carbocycles. The quantitative estimate of drug-likeness (QED) is 0.149. The largest absolute Gasteiger partial charge is 0.484 e. The van der Waals surface area contributed by atoms with Gasteiger partial charge in [0.15, 0.2) is 11.7 Å². The van der Waals surface area contributed by atoms with Gasteiger partial charge in [0, 0.05) is 47.5 Å². The molecular formula is C29H44ClN5O18P4. The van der Waals surface area contributed by atoms with E-state index < -0.39 is 31.3 Å². The monoisotopic (exact) mass is 909 g/mol. The maximum Gasteiger partial charge on any atom is 0.466 e. The summed E-state index contributed by atoms with van der Waals surface area (Å²) in [6.07, 6.45) is 10.2. The van der Waals surface area contributed by atoms with Crippen molar-refractivity contribution in [2.75, 3.05) is 46.4 Å². The first-order chi connectivity index (χ1) is 26.1. The van der Waals surface area contributed by atoms with Crippen LogP contribution in [0.3, 0.4) is 0 Å². The molecule has 57 heavy (non-hydrogen) atoms. The second-order valence-electron chi connectivity index (χ2n) is 12.4. The molecule has 0 atom stereocenters. The summed E-state index contributed by atoms with van der Waals surface area (Å²) in [4.78, 5) is 119. The van der Waals surface area contributed by atoms with Gasteiger partial charge >= 0.3 is 31.3 Å². The van der Waals surface area contributed by atoms with E-state index in [0.29, 0.717) is 30.4 Å². The first kappa shape index (κ1) is 50.7. The van der Waals surface area contributed by atoms with Crippen LogP contribution in [0.4, 0.5) is 11.4 Å². The molecule has 1 aromatic heterocycles. The van der Waals surface area contributed by atoms with Crippen LogP contribution in [0.2, 0.25) is 5.02 Å². The minimum absolute atomic E-state index is 0.158. The van der Waals surface area contributed by atoms with Gasteiger partial charge in [0.05, 0.1) is 24.0 Å². The Bertz CT molecular complexity index is 1890. The number of carbonyl (C=O) groups excluding carboxylic acids is 1. The lowest BCUT2D eigenvalue weighted by Gasteiger charge is -2.23. The number of halogens is 1. The van der Waals surface area contributed by atoms with Gasteiger partial charge in [-0.2, -0.15) is 0 Å². The number of aliphatic imine (C=N–C) groups is 2. The van der Waals surface area contributed by atoms with Gasteiger partial charge in [-0.15, -0.1) is 0 Å². The van der Waals surface area contributed by atoms with Crippen LogP contribution >= 0.6 is 42.9 Å². The molecule has 1 aromatic carbocycles. The van der Waals surface area contributed by atoms with Crippen LogP contribution in [-0.2, 0) is 34.2 Å².